The molecule has 2 aromatic rings. The fourth-order valence-electron chi connectivity index (χ4n) is 4.02. The zero-order chi connectivity index (χ0) is 20.2. The molecule has 0 aliphatic carbocycles. The third-order valence-electron chi connectivity index (χ3n) is 5.47. The maximum Gasteiger partial charge on any atom is 0.227 e. The van der Waals surface area contributed by atoms with Crippen LogP contribution < -0.4 is 19.9 Å². The monoisotopic (exact) mass is 395 g/mol. The molecule has 0 spiro atoms. The number of nitrogens with one attached hydrogen (secondary N) is 1. The van der Waals surface area contributed by atoms with Gasteiger partial charge in [-0.3, -0.25) is 9.59 Å². The quantitative estimate of drug-likeness (QED) is 0.828. The molecule has 3 heterocycles. The molecule has 0 bridgehead atoms. The second-order valence-corrected chi connectivity index (χ2v) is 7.42. The Labute approximate surface area is 169 Å². The van der Waals surface area contributed by atoms with Crippen LogP contribution in [0, 0.1) is 5.92 Å². The highest BCUT2D eigenvalue weighted by atomic mass is 16.5. The number of hydrogen-bond acceptors (Lipinski definition) is 6. The molecule has 2 fully saturated rings. The summed E-state index contributed by atoms with van der Waals surface area (Å²) in [6.07, 6.45) is 5.52. The maximum atomic E-state index is 12.9. The van der Waals surface area contributed by atoms with Crippen molar-refractivity contribution in [1.82, 2.24) is 15.3 Å². The van der Waals surface area contributed by atoms with Gasteiger partial charge in [0.1, 0.15) is 5.75 Å². The van der Waals surface area contributed by atoms with E-state index in [1.165, 1.54) is 0 Å². The van der Waals surface area contributed by atoms with Gasteiger partial charge >= 0.3 is 0 Å². The summed E-state index contributed by atoms with van der Waals surface area (Å²) in [5, 5.41) is 3.14. The van der Waals surface area contributed by atoms with Gasteiger partial charge in [-0.1, -0.05) is 12.1 Å². The zero-order valence-corrected chi connectivity index (χ0v) is 16.5. The Bertz CT molecular complexity index is 876. The van der Waals surface area contributed by atoms with Crippen molar-refractivity contribution in [3.63, 3.8) is 0 Å². The summed E-state index contributed by atoms with van der Waals surface area (Å²) in [6.45, 7) is 1.91. The summed E-state index contributed by atoms with van der Waals surface area (Å²) in [5.74, 6) is 0.822. The molecule has 2 saturated heterocycles. The van der Waals surface area contributed by atoms with E-state index in [-0.39, 0.29) is 30.2 Å². The van der Waals surface area contributed by atoms with Gasteiger partial charge in [0.15, 0.2) is 0 Å². The summed E-state index contributed by atoms with van der Waals surface area (Å²) in [6, 6.07) is 9.19. The highest BCUT2D eigenvalue weighted by Crippen LogP contribution is 2.32. The molecule has 0 saturated carbocycles. The van der Waals surface area contributed by atoms with Crippen LogP contribution in [0.5, 0.6) is 5.75 Å². The first-order valence-corrected chi connectivity index (χ1v) is 9.91. The lowest BCUT2D eigenvalue weighted by Gasteiger charge is -2.33. The molecule has 152 valence electrons. The number of rotatable bonds is 5. The SMILES string of the molecule is COc1ccccc1N1CC(C(=O)NC2CCCN(c3ncccn3)C2)CC1=O. The summed E-state index contributed by atoms with van der Waals surface area (Å²) in [4.78, 5) is 37.8. The van der Waals surface area contributed by atoms with Crippen LogP contribution in [0.4, 0.5) is 11.6 Å². The molecule has 4 rings (SSSR count). The average molecular weight is 395 g/mol. The largest absolute Gasteiger partial charge is 0.495 e. The molecule has 2 aliphatic rings. The third-order valence-corrected chi connectivity index (χ3v) is 5.47. The molecule has 1 aromatic heterocycles. The molecule has 8 nitrogen and oxygen atoms in total. The number of carbonyl (C=O) groups is 2. The van der Waals surface area contributed by atoms with E-state index in [4.69, 9.17) is 4.74 Å². The minimum Gasteiger partial charge on any atom is -0.495 e. The fourth-order valence-corrected chi connectivity index (χ4v) is 4.02. The highest BCUT2D eigenvalue weighted by molar-refractivity contribution is 6.01. The van der Waals surface area contributed by atoms with Gasteiger partial charge in [0.2, 0.25) is 17.8 Å². The van der Waals surface area contributed by atoms with Gasteiger partial charge < -0.3 is 19.9 Å². The first-order chi connectivity index (χ1) is 14.2. The number of aromatic nitrogens is 2. The highest BCUT2D eigenvalue weighted by Gasteiger charge is 2.37. The third kappa shape index (κ3) is 4.16. The van der Waals surface area contributed by atoms with Gasteiger partial charge in [-0.15, -0.1) is 0 Å². The number of amides is 2. The molecule has 2 amide bonds. The Morgan fingerprint density at radius 1 is 1.17 bits per heavy atom. The Morgan fingerprint density at radius 3 is 2.76 bits per heavy atom. The van der Waals surface area contributed by atoms with E-state index in [9.17, 15) is 9.59 Å². The molecule has 29 heavy (non-hydrogen) atoms. The predicted molar refractivity (Wildman–Crippen MR) is 109 cm³/mol. The minimum absolute atomic E-state index is 0.0236. The van der Waals surface area contributed by atoms with E-state index in [1.54, 1.807) is 30.5 Å². The summed E-state index contributed by atoms with van der Waals surface area (Å²) >= 11 is 0. The van der Waals surface area contributed by atoms with Crippen LogP contribution in [0.15, 0.2) is 42.7 Å². The van der Waals surface area contributed by atoms with Gasteiger partial charge in [0.05, 0.1) is 18.7 Å². The number of piperidine rings is 1. The van der Waals surface area contributed by atoms with Crippen molar-refractivity contribution in [1.29, 1.82) is 0 Å². The first kappa shape index (κ1) is 19.2. The van der Waals surface area contributed by atoms with Crippen LogP contribution in [0.1, 0.15) is 19.3 Å². The van der Waals surface area contributed by atoms with Crippen molar-refractivity contribution in [3.05, 3.63) is 42.7 Å². The molecule has 8 heteroatoms. The number of benzene rings is 1. The van der Waals surface area contributed by atoms with Crippen molar-refractivity contribution in [2.75, 3.05) is 36.5 Å². The fraction of sp³-hybridized carbons (Fsp3) is 0.429. The van der Waals surface area contributed by atoms with Crippen LogP contribution in [-0.2, 0) is 9.59 Å². The number of para-hydroxylation sites is 2. The van der Waals surface area contributed by atoms with Crippen LogP contribution in [-0.4, -0.2) is 54.6 Å². The van der Waals surface area contributed by atoms with Crippen molar-refractivity contribution < 1.29 is 14.3 Å². The number of hydrogen-bond donors (Lipinski definition) is 1. The zero-order valence-electron chi connectivity index (χ0n) is 16.5. The second-order valence-electron chi connectivity index (χ2n) is 7.42. The smallest absolute Gasteiger partial charge is 0.227 e. The first-order valence-electron chi connectivity index (χ1n) is 9.91. The molecular weight excluding hydrogens is 370 g/mol. The van der Waals surface area contributed by atoms with E-state index in [0.29, 0.717) is 30.5 Å². The van der Waals surface area contributed by atoms with Gasteiger partial charge in [-0.05, 0) is 31.0 Å². The topological polar surface area (TPSA) is 87.7 Å². The van der Waals surface area contributed by atoms with Crippen molar-refractivity contribution in [2.24, 2.45) is 5.92 Å². The van der Waals surface area contributed by atoms with E-state index >= 15 is 0 Å². The number of nitrogens with zero attached hydrogens (tertiary/aromatic N) is 4. The van der Waals surface area contributed by atoms with Crippen molar-refractivity contribution >= 4 is 23.5 Å². The number of anilines is 2. The van der Waals surface area contributed by atoms with Crippen molar-refractivity contribution in [2.45, 2.75) is 25.3 Å². The molecule has 2 atom stereocenters. The minimum atomic E-state index is -0.365. The van der Waals surface area contributed by atoms with Crippen molar-refractivity contribution in [3.8, 4) is 5.75 Å². The molecular formula is C21H25N5O3. The van der Waals surface area contributed by atoms with E-state index in [1.807, 2.05) is 24.3 Å². The lowest BCUT2D eigenvalue weighted by atomic mass is 10.0. The molecule has 2 unspecified atom stereocenters. The summed E-state index contributed by atoms with van der Waals surface area (Å²) in [7, 11) is 1.58. The van der Waals surface area contributed by atoms with Gasteiger partial charge in [-0.25, -0.2) is 9.97 Å². The Hall–Kier alpha value is -3.16. The van der Waals surface area contributed by atoms with Gasteiger partial charge in [0.25, 0.3) is 0 Å². The van der Waals surface area contributed by atoms with E-state index in [2.05, 4.69) is 20.2 Å². The Morgan fingerprint density at radius 2 is 1.97 bits per heavy atom. The normalized spacial score (nSPS) is 21.9. The average Bonchev–Trinajstić information content (AvgIpc) is 3.16. The van der Waals surface area contributed by atoms with E-state index in [0.717, 1.165) is 19.4 Å². The predicted octanol–water partition coefficient (Wildman–Crippen LogP) is 1.62. The van der Waals surface area contributed by atoms with Crippen LogP contribution in [0.25, 0.3) is 0 Å². The van der Waals surface area contributed by atoms with Gasteiger partial charge in [0, 0.05) is 44.5 Å². The Balaban J connectivity index is 1.38. The molecule has 0 radical (unpaired) electrons. The van der Waals surface area contributed by atoms with Crippen LogP contribution >= 0.6 is 0 Å². The Kier molecular flexibility index (Phi) is 5.59. The summed E-state index contributed by atoms with van der Waals surface area (Å²) < 4.78 is 5.37. The van der Waals surface area contributed by atoms with Gasteiger partial charge in [-0.2, -0.15) is 0 Å². The lowest BCUT2D eigenvalue weighted by Crippen LogP contribution is -2.50. The number of ether oxygens (including phenoxy) is 1. The van der Waals surface area contributed by atoms with E-state index < -0.39 is 0 Å². The molecule has 2 aliphatic heterocycles. The molecule has 1 N–H and O–H groups in total. The maximum absolute atomic E-state index is 12.9. The number of carbonyl (C=O) groups excluding carboxylic acids is 2. The lowest BCUT2D eigenvalue weighted by molar-refractivity contribution is -0.127. The second kappa shape index (κ2) is 8.46. The standard InChI is InChI=1S/C21H25N5O3/c1-29-18-8-3-2-7-17(18)26-13-15(12-19(26)27)20(28)24-16-6-4-11-25(14-16)21-22-9-5-10-23-21/h2-3,5,7-10,15-16H,4,6,11-14H2,1H3,(H,24,28). The number of methoxy groups -OCH3 is 1. The molecule has 1 aromatic carbocycles. The van der Waals surface area contributed by atoms with Crippen LogP contribution in [0.2, 0.25) is 0 Å². The summed E-state index contributed by atoms with van der Waals surface area (Å²) in [5.41, 5.74) is 0.709. The van der Waals surface area contributed by atoms with Crippen LogP contribution in [0.3, 0.4) is 0 Å².